The van der Waals surface area contributed by atoms with Gasteiger partial charge >= 0.3 is 23.6 Å². The maximum Gasteiger partial charge on any atom is 0.336 e. The van der Waals surface area contributed by atoms with Gasteiger partial charge in [-0.15, -0.1) is 0 Å². The van der Waals surface area contributed by atoms with E-state index in [1.807, 2.05) is 27.7 Å². The Balaban J connectivity index is 2.48. The van der Waals surface area contributed by atoms with Crippen LogP contribution in [0.25, 0.3) is 11.0 Å². The fourth-order valence-electron chi connectivity index (χ4n) is 6.39. The summed E-state index contributed by atoms with van der Waals surface area (Å²) in [6.07, 6.45) is -0.795. The Morgan fingerprint density at radius 3 is 1.84 bits per heavy atom. The predicted molar refractivity (Wildman–Crippen MR) is 213 cm³/mol. The highest BCUT2D eigenvalue weighted by atomic mass is 16.4. The van der Waals surface area contributed by atoms with Crippen LogP contribution >= 0.6 is 0 Å². The normalized spacial score (nSPS) is 14.1. The number of nitrogens with zero attached hydrogens (tertiary/aromatic N) is 1. The van der Waals surface area contributed by atoms with Crippen LogP contribution in [0.2, 0.25) is 0 Å². The van der Waals surface area contributed by atoms with Gasteiger partial charge in [0.1, 0.15) is 29.8 Å². The SMILES string of the molecule is CC(=O)N[C@H](C(=O)N[C@@H](CC(=O)O)C(=O)N[C@H](C(=O)N(CC[C@@H](C)CC(C)(C)C)C(=O)N[C@@H](CC(=O)O)C(=O)Nc1ccc2c(C)cc(=O)oc2c1)C(C)C)C(C)C. The number of fused-ring (bicyclic) bond motifs is 1. The van der Waals surface area contributed by atoms with Gasteiger partial charge in [0.15, 0.2) is 0 Å². The van der Waals surface area contributed by atoms with Crippen LogP contribution in [-0.4, -0.2) is 93.3 Å². The molecule has 5 atom stereocenters. The summed E-state index contributed by atoms with van der Waals surface area (Å²) < 4.78 is 5.23. The van der Waals surface area contributed by atoms with Gasteiger partial charge in [-0.05, 0) is 60.6 Å². The average molecular weight is 815 g/mol. The highest BCUT2D eigenvalue weighted by Gasteiger charge is 2.37. The Hall–Kier alpha value is -5.81. The number of aliphatic carboxylic acids is 2. The Kier molecular flexibility index (Phi) is 17.6. The van der Waals surface area contributed by atoms with Crippen molar-refractivity contribution < 1.29 is 53.0 Å². The van der Waals surface area contributed by atoms with E-state index in [1.54, 1.807) is 40.7 Å². The van der Waals surface area contributed by atoms with Crippen molar-refractivity contribution in [2.45, 2.75) is 119 Å². The zero-order valence-corrected chi connectivity index (χ0v) is 34.8. The van der Waals surface area contributed by atoms with Gasteiger partial charge in [0.05, 0.1) is 12.8 Å². The molecule has 7 N–H and O–H groups in total. The van der Waals surface area contributed by atoms with Crippen molar-refractivity contribution in [2.75, 3.05) is 11.9 Å². The second-order valence-corrected chi connectivity index (χ2v) is 16.5. The van der Waals surface area contributed by atoms with Gasteiger partial charge in [-0.25, -0.2) is 9.59 Å². The van der Waals surface area contributed by atoms with E-state index in [0.717, 1.165) is 4.90 Å². The van der Waals surface area contributed by atoms with Crippen molar-refractivity contribution in [2.24, 2.45) is 23.2 Å². The Labute approximate surface area is 337 Å². The summed E-state index contributed by atoms with van der Waals surface area (Å²) in [5.41, 5.74) is 0.175. The fraction of sp³-hybridized carbons (Fsp3) is 0.575. The molecule has 320 valence electrons. The molecular weight excluding hydrogens is 756 g/mol. The van der Waals surface area contributed by atoms with Crippen LogP contribution in [-0.2, 0) is 33.6 Å². The number of imide groups is 1. The average Bonchev–Trinajstić information content (AvgIpc) is 3.06. The summed E-state index contributed by atoms with van der Waals surface area (Å²) in [6, 6.07) is -1.37. The number of urea groups is 1. The number of amides is 7. The maximum absolute atomic E-state index is 14.3. The van der Waals surface area contributed by atoms with Crippen molar-refractivity contribution in [1.82, 2.24) is 26.2 Å². The molecule has 0 saturated heterocycles. The molecule has 18 nitrogen and oxygen atoms in total. The lowest BCUT2D eigenvalue weighted by Crippen LogP contribution is -2.61. The molecule has 0 saturated carbocycles. The van der Waals surface area contributed by atoms with E-state index in [2.05, 4.69) is 26.6 Å². The summed E-state index contributed by atoms with van der Waals surface area (Å²) in [6.45, 7) is 17.1. The number of hydrogen-bond acceptors (Lipinski definition) is 10. The van der Waals surface area contributed by atoms with Crippen molar-refractivity contribution >= 4 is 64.2 Å². The molecule has 18 heteroatoms. The molecule has 0 spiro atoms. The highest BCUT2D eigenvalue weighted by molar-refractivity contribution is 6.04. The number of carbonyl (C=O) groups excluding carboxylic acids is 6. The molecule has 58 heavy (non-hydrogen) atoms. The van der Waals surface area contributed by atoms with Gasteiger partial charge in [-0.2, -0.15) is 0 Å². The van der Waals surface area contributed by atoms with Crippen molar-refractivity contribution in [3.8, 4) is 0 Å². The molecule has 1 aromatic heterocycles. The van der Waals surface area contributed by atoms with Gasteiger partial charge in [-0.1, -0.05) is 55.4 Å². The van der Waals surface area contributed by atoms with E-state index in [1.165, 1.54) is 25.1 Å². The molecular formula is C40H58N6O12. The largest absolute Gasteiger partial charge is 0.481 e. The summed E-state index contributed by atoms with van der Waals surface area (Å²) in [4.78, 5) is 117. The molecule has 0 bridgehead atoms. The molecule has 0 aliphatic carbocycles. The van der Waals surface area contributed by atoms with Crippen LogP contribution in [0.15, 0.2) is 33.5 Å². The van der Waals surface area contributed by atoms with E-state index in [0.29, 0.717) is 17.4 Å². The first kappa shape index (κ1) is 48.3. The monoisotopic (exact) mass is 814 g/mol. The Morgan fingerprint density at radius 2 is 1.33 bits per heavy atom. The van der Waals surface area contributed by atoms with Gasteiger partial charge in [-0.3, -0.25) is 38.5 Å². The van der Waals surface area contributed by atoms with Gasteiger partial charge in [0.2, 0.25) is 23.6 Å². The second-order valence-electron chi connectivity index (χ2n) is 16.5. The van der Waals surface area contributed by atoms with Crippen molar-refractivity contribution in [3.05, 3.63) is 40.2 Å². The van der Waals surface area contributed by atoms with Gasteiger partial charge < -0.3 is 41.2 Å². The number of carboxylic acid groups (broad SMARTS) is 2. The second kappa shape index (κ2) is 21.1. The topological polar surface area (TPSA) is 271 Å². The molecule has 0 radical (unpaired) electrons. The van der Waals surface area contributed by atoms with E-state index in [4.69, 9.17) is 4.42 Å². The number of anilines is 1. The third-order valence-electron chi connectivity index (χ3n) is 9.08. The third kappa shape index (κ3) is 15.3. The lowest BCUT2D eigenvalue weighted by atomic mass is 9.84. The molecule has 7 amide bonds. The minimum atomic E-state index is -1.72. The Bertz CT molecular complexity index is 1920. The minimum absolute atomic E-state index is 0.0300. The standard InChI is InChI=1S/C40H58N6O12/c1-20(2)33(41-24(7)47)37(55)43-27(17-30(48)49)36(54)45-34(21(3)4)38(56)46(14-13-22(5)19-40(8,9)10)39(57)44-28(18-31(50)51)35(53)42-25-11-12-26-23(6)15-32(52)58-29(26)16-25/h11-12,15-16,20-22,27-28,33-34H,13-14,17-19H2,1-10H3,(H,41,47)(H,42,53)(H,43,55)(H,44,57)(H,45,54)(H,48,49)(H,50,51)/t22-,27+,28+,33+,34+/m1/s1. The van der Waals surface area contributed by atoms with Gasteiger partial charge in [0.25, 0.3) is 5.91 Å². The first-order chi connectivity index (χ1) is 26.8. The summed E-state index contributed by atoms with van der Waals surface area (Å²) >= 11 is 0. The molecule has 0 aliphatic rings. The summed E-state index contributed by atoms with van der Waals surface area (Å²) in [5, 5.41) is 32.0. The van der Waals surface area contributed by atoms with E-state index in [-0.39, 0.29) is 35.6 Å². The number of carboxylic acids is 2. The van der Waals surface area contributed by atoms with Crippen LogP contribution in [0.3, 0.4) is 0 Å². The fourth-order valence-corrected chi connectivity index (χ4v) is 6.39. The van der Waals surface area contributed by atoms with Crippen LogP contribution in [0.4, 0.5) is 10.5 Å². The smallest absolute Gasteiger partial charge is 0.336 e. The van der Waals surface area contributed by atoms with Crippen LogP contribution in [0.1, 0.15) is 93.6 Å². The molecule has 0 aliphatic heterocycles. The van der Waals surface area contributed by atoms with E-state index < -0.39 is 102 Å². The zero-order valence-electron chi connectivity index (χ0n) is 34.8. The molecule has 0 unspecified atom stereocenters. The lowest BCUT2D eigenvalue weighted by Gasteiger charge is -2.32. The number of carbonyl (C=O) groups is 8. The van der Waals surface area contributed by atoms with E-state index >= 15 is 0 Å². The Morgan fingerprint density at radius 1 is 0.759 bits per heavy atom. The predicted octanol–water partition coefficient (Wildman–Crippen LogP) is 3.14. The minimum Gasteiger partial charge on any atom is -0.481 e. The number of rotatable bonds is 19. The lowest BCUT2D eigenvalue weighted by molar-refractivity contribution is -0.142. The molecule has 2 rings (SSSR count). The van der Waals surface area contributed by atoms with Crippen LogP contribution < -0.4 is 32.2 Å². The highest BCUT2D eigenvalue weighted by Crippen LogP contribution is 2.26. The number of aryl methyl sites for hydroxylation is 1. The molecule has 2 aromatic rings. The molecule has 1 heterocycles. The van der Waals surface area contributed by atoms with Crippen LogP contribution in [0.5, 0.6) is 0 Å². The van der Waals surface area contributed by atoms with Crippen LogP contribution in [0, 0.1) is 30.1 Å². The molecule has 0 fully saturated rings. The number of nitrogens with one attached hydrogen (secondary N) is 5. The number of benzene rings is 1. The summed E-state index contributed by atoms with van der Waals surface area (Å²) in [5.74, 6) is -8.41. The van der Waals surface area contributed by atoms with Crippen molar-refractivity contribution in [3.63, 3.8) is 0 Å². The van der Waals surface area contributed by atoms with Gasteiger partial charge in [0, 0.05) is 36.7 Å². The first-order valence-electron chi connectivity index (χ1n) is 19.1. The van der Waals surface area contributed by atoms with E-state index in [9.17, 15) is 53.4 Å². The quantitative estimate of drug-likeness (QED) is 0.101. The summed E-state index contributed by atoms with van der Waals surface area (Å²) in [7, 11) is 0. The first-order valence-corrected chi connectivity index (χ1v) is 19.1. The maximum atomic E-state index is 14.3. The zero-order chi connectivity index (χ0) is 44.2. The van der Waals surface area contributed by atoms with Crippen molar-refractivity contribution in [1.29, 1.82) is 0 Å². The third-order valence-corrected chi connectivity index (χ3v) is 9.08. The molecule has 1 aromatic carbocycles. The number of hydrogen-bond donors (Lipinski definition) is 7.